The summed E-state index contributed by atoms with van der Waals surface area (Å²) in [5.41, 5.74) is 2.18. The van der Waals surface area contributed by atoms with E-state index in [1.165, 1.54) is 11.1 Å². The number of methoxy groups -OCH3 is 1. The van der Waals surface area contributed by atoms with E-state index in [9.17, 15) is 0 Å². The van der Waals surface area contributed by atoms with Crippen molar-refractivity contribution in [3.63, 3.8) is 0 Å². The summed E-state index contributed by atoms with van der Waals surface area (Å²) in [5.74, 6) is 6.59. The summed E-state index contributed by atoms with van der Waals surface area (Å²) in [7, 11) is 6.04. The van der Waals surface area contributed by atoms with Crippen LogP contribution in [0.1, 0.15) is 36.8 Å². The number of nitrogens with zero attached hydrogens (tertiary/aromatic N) is 1. The molecule has 1 fully saturated rings. The van der Waals surface area contributed by atoms with Gasteiger partial charge in [-0.1, -0.05) is 72.5 Å². The molecule has 148 valence electrons. The Labute approximate surface area is 169 Å². The average Bonchev–Trinajstić information content (AvgIpc) is 2.74. The fourth-order valence-electron chi connectivity index (χ4n) is 4.18. The van der Waals surface area contributed by atoms with E-state index < -0.39 is 5.60 Å². The molecule has 0 unspecified atom stereocenters. The Morgan fingerprint density at radius 3 is 2.07 bits per heavy atom. The smallest absolute Gasteiger partial charge is 0.129 e. The lowest BCUT2D eigenvalue weighted by Gasteiger charge is -2.48. The third kappa shape index (κ3) is 4.64. The van der Waals surface area contributed by atoms with E-state index in [0.29, 0.717) is 13.2 Å². The van der Waals surface area contributed by atoms with Gasteiger partial charge in [0.15, 0.2) is 0 Å². The van der Waals surface area contributed by atoms with Crippen LogP contribution in [0.15, 0.2) is 60.7 Å². The fourth-order valence-corrected chi connectivity index (χ4v) is 4.18. The molecule has 0 atom stereocenters. The Morgan fingerprint density at radius 1 is 0.893 bits per heavy atom. The van der Waals surface area contributed by atoms with Crippen molar-refractivity contribution < 1.29 is 9.47 Å². The third-order valence-electron chi connectivity index (χ3n) is 5.94. The first-order chi connectivity index (χ1) is 13.6. The molecule has 0 saturated heterocycles. The molecule has 1 aliphatic rings. The number of ether oxygens (including phenoxy) is 2. The van der Waals surface area contributed by atoms with Gasteiger partial charge in [-0.15, -0.1) is 0 Å². The van der Waals surface area contributed by atoms with Crippen LogP contribution in [0, 0.1) is 11.8 Å². The van der Waals surface area contributed by atoms with E-state index >= 15 is 0 Å². The van der Waals surface area contributed by atoms with E-state index in [-0.39, 0.29) is 5.54 Å². The van der Waals surface area contributed by atoms with E-state index in [0.717, 1.165) is 25.7 Å². The van der Waals surface area contributed by atoms with Crippen LogP contribution in [0.4, 0.5) is 0 Å². The first kappa shape index (κ1) is 20.6. The summed E-state index contributed by atoms with van der Waals surface area (Å²) in [6.07, 6.45) is 3.84. The maximum absolute atomic E-state index is 6.46. The number of rotatable bonds is 6. The summed E-state index contributed by atoms with van der Waals surface area (Å²) in [6.45, 7) is 1.02. The summed E-state index contributed by atoms with van der Waals surface area (Å²) >= 11 is 0. The lowest BCUT2D eigenvalue weighted by molar-refractivity contribution is -0.0692. The molecular weight excluding hydrogens is 346 g/mol. The van der Waals surface area contributed by atoms with Gasteiger partial charge >= 0.3 is 0 Å². The molecule has 0 heterocycles. The van der Waals surface area contributed by atoms with Gasteiger partial charge in [0.25, 0.3) is 0 Å². The second kappa shape index (κ2) is 9.39. The molecule has 2 aromatic rings. The predicted octanol–water partition coefficient (Wildman–Crippen LogP) is 4.62. The zero-order chi connectivity index (χ0) is 19.9. The van der Waals surface area contributed by atoms with Crippen molar-refractivity contribution in [2.45, 2.75) is 43.4 Å². The highest BCUT2D eigenvalue weighted by atomic mass is 16.5. The van der Waals surface area contributed by atoms with E-state index in [4.69, 9.17) is 9.47 Å². The Hall–Kier alpha value is -2.12. The van der Waals surface area contributed by atoms with Gasteiger partial charge < -0.3 is 9.47 Å². The molecule has 0 aromatic heterocycles. The van der Waals surface area contributed by atoms with Gasteiger partial charge in [-0.2, -0.15) is 0 Å². The first-order valence-electron chi connectivity index (χ1n) is 10.0. The molecule has 1 aliphatic carbocycles. The highest BCUT2D eigenvalue weighted by molar-refractivity contribution is 5.28. The Balaban J connectivity index is 1.80. The summed E-state index contributed by atoms with van der Waals surface area (Å²) in [6, 6.07) is 21.2. The van der Waals surface area contributed by atoms with Crippen molar-refractivity contribution in [2.24, 2.45) is 0 Å². The van der Waals surface area contributed by atoms with Crippen molar-refractivity contribution in [3.05, 3.63) is 71.8 Å². The van der Waals surface area contributed by atoms with E-state index in [1.54, 1.807) is 7.11 Å². The molecule has 0 spiro atoms. The van der Waals surface area contributed by atoms with Crippen LogP contribution in [0.5, 0.6) is 0 Å². The maximum atomic E-state index is 6.46. The molecule has 3 heteroatoms. The van der Waals surface area contributed by atoms with Crippen molar-refractivity contribution in [2.75, 3.05) is 27.8 Å². The van der Waals surface area contributed by atoms with Crippen molar-refractivity contribution in [3.8, 4) is 11.8 Å². The molecule has 0 radical (unpaired) electrons. The van der Waals surface area contributed by atoms with Crippen LogP contribution < -0.4 is 0 Å². The van der Waals surface area contributed by atoms with Gasteiger partial charge in [0.1, 0.15) is 12.2 Å². The zero-order valence-corrected chi connectivity index (χ0v) is 17.3. The molecule has 0 aliphatic heterocycles. The first-order valence-corrected chi connectivity index (χ1v) is 10.0. The summed E-state index contributed by atoms with van der Waals surface area (Å²) in [4.78, 5) is 2.37. The van der Waals surface area contributed by atoms with Crippen LogP contribution in [0.2, 0.25) is 0 Å². The van der Waals surface area contributed by atoms with Crippen molar-refractivity contribution in [1.29, 1.82) is 0 Å². The fraction of sp³-hybridized carbons (Fsp3) is 0.440. The SMILES string of the molecule is COCC#CC1(OCc2ccccc2)CCC(c2ccccc2)(N(C)C)CC1. The summed E-state index contributed by atoms with van der Waals surface area (Å²) < 4.78 is 11.6. The van der Waals surface area contributed by atoms with Gasteiger partial charge in [-0.05, 0) is 50.9 Å². The normalized spacial score (nSPS) is 24.6. The van der Waals surface area contributed by atoms with Gasteiger partial charge in [0.05, 0.1) is 6.61 Å². The molecule has 3 nitrogen and oxygen atoms in total. The van der Waals surface area contributed by atoms with Crippen molar-refractivity contribution >= 4 is 0 Å². The predicted molar refractivity (Wildman–Crippen MR) is 114 cm³/mol. The Morgan fingerprint density at radius 2 is 1.50 bits per heavy atom. The van der Waals surface area contributed by atoms with Gasteiger partial charge in [-0.3, -0.25) is 4.90 Å². The molecule has 1 saturated carbocycles. The van der Waals surface area contributed by atoms with Crippen LogP contribution >= 0.6 is 0 Å². The molecule has 0 amide bonds. The molecule has 0 bridgehead atoms. The maximum Gasteiger partial charge on any atom is 0.129 e. The van der Waals surface area contributed by atoms with Crippen LogP contribution in [0.25, 0.3) is 0 Å². The van der Waals surface area contributed by atoms with E-state index in [2.05, 4.69) is 85.4 Å². The minimum Gasteiger partial charge on any atom is -0.372 e. The van der Waals surface area contributed by atoms with E-state index in [1.807, 2.05) is 6.07 Å². The second-order valence-electron chi connectivity index (χ2n) is 7.80. The Kier molecular flexibility index (Phi) is 6.91. The second-order valence-corrected chi connectivity index (χ2v) is 7.80. The number of hydrogen-bond donors (Lipinski definition) is 0. The number of benzene rings is 2. The van der Waals surface area contributed by atoms with Crippen LogP contribution in [-0.2, 0) is 21.6 Å². The van der Waals surface area contributed by atoms with Gasteiger partial charge in [0, 0.05) is 12.6 Å². The van der Waals surface area contributed by atoms with Gasteiger partial charge in [-0.25, -0.2) is 0 Å². The van der Waals surface area contributed by atoms with Crippen LogP contribution in [0.3, 0.4) is 0 Å². The molecule has 3 rings (SSSR count). The minimum atomic E-state index is -0.414. The molecule has 28 heavy (non-hydrogen) atoms. The van der Waals surface area contributed by atoms with Crippen LogP contribution in [-0.4, -0.2) is 38.3 Å². The minimum absolute atomic E-state index is 0.0316. The molecule has 2 aromatic carbocycles. The number of hydrogen-bond acceptors (Lipinski definition) is 3. The topological polar surface area (TPSA) is 21.7 Å². The molecular formula is C25H31NO2. The largest absolute Gasteiger partial charge is 0.372 e. The monoisotopic (exact) mass is 377 g/mol. The zero-order valence-electron chi connectivity index (χ0n) is 17.3. The summed E-state index contributed by atoms with van der Waals surface area (Å²) in [5, 5.41) is 0. The Bertz CT molecular complexity index is 782. The lowest BCUT2D eigenvalue weighted by Crippen LogP contribution is -2.49. The highest BCUT2D eigenvalue weighted by Gasteiger charge is 2.45. The molecule has 0 N–H and O–H groups in total. The van der Waals surface area contributed by atoms with Gasteiger partial charge in [0.2, 0.25) is 0 Å². The van der Waals surface area contributed by atoms with Crippen molar-refractivity contribution in [1.82, 2.24) is 4.90 Å². The lowest BCUT2D eigenvalue weighted by atomic mass is 9.70. The third-order valence-corrected chi connectivity index (χ3v) is 5.94. The standard InChI is InChI=1S/C25H31NO2/c1-26(2)25(23-13-8-5-9-14-23)18-16-24(17-19-25,15-10-20-27-3)28-21-22-11-6-4-7-12-22/h4-9,11-14H,16-21H2,1-3H3. The quantitative estimate of drug-likeness (QED) is 0.686. The highest BCUT2D eigenvalue weighted by Crippen LogP contribution is 2.45. The average molecular weight is 378 g/mol.